The van der Waals surface area contributed by atoms with E-state index < -0.39 is 0 Å². The average Bonchev–Trinajstić information content (AvgIpc) is 2.81. The van der Waals surface area contributed by atoms with Gasteiger partial charge in [-0.05, 0) is 55.1 Å². The van der Waals surface area contributed by atoms with Crippen molar-refractivity contribution in [2.75, 3.05) is 19.8 Å². The van der Waals surface area contributed by atoms with Gasteiger partial charge in [-0.15, -0.1) is 0 Å². The van der Waals surface area contributed by atoms with E-state index in [1.807, 2.05) is 0 Å². The molecule has 16 heavy (non-hydrogen) atoms. The first-order valence-corrected chi connectivity index (χ1v) is 7.13. The molecule has 0 aliphatic carbocycles. The van der Waals surface area contributed by atoms with Crippen molar-refractivity contribution in [1.29, 1.82) is 0 Å². The van der Waals surface area contributed by atoms with Crippen molar-refractivity contribution < 1.29 is 4.74 Å². The molecule has 1 heterocycles. The van der Waals surface area contributed by atoms with Crippen LogP contribution in [0.3, 0.4) is 0 Å². The second-order valence-corrected chi connectivity index (χ2v) is 4.76. The van der Waals surface area contributed by atoms with E-state index in [2.05, 4.69) is 36.0 Å². The summed E-state index contributed by atoms with van der Waals surface area (Å²) in [6, 6.07) is 2.71. The van der Waals surface area contributed by atoms with Crippen LogP contribution >= 0.6 is 11.3 Å². The van der Waals surface area contributed by atoms with E-state index >= 15 is 0 Å². The minimum atomic E-state index is 0.500. The van der Waals surface area contributed by atoms with Gasteiger partial charge < -0.3 is 10.1 Å². The van der Waals surface area contributed by atoms with Crippen LogP contribution in [0.2, 0.25) is 0 Å². The van der Waals surface area contributed by atoms with Crippen LogP contribution in [-0.4, -0.2) is 25.8 Å². The van der Waals surface area contributed by atoms with Gasteiger partial charge in [-0.25, -0.2) is 0 Å². The maximum atomic E-state index is 5.50. The van der Waals surface area contributed by atoms with Crippen LogP contribution in [0.5, 0.6) is 0 Å². The van der Waals surface area contributed by atoms with Crippen LogP contribution in [0.1, 0.15) is 32.3 Å². The second kappa shape index (κ2) is 8.74. The van der Waals surface area contributed by atoms with Crippen LogP contribution < -0.4 is 5.32 Å². The van der Waals surface area contributed by atoms with E-state index in [0.29, 0.717) is 6.04 Å². The molecule has 1 rings (SSSR count). The maximum absolute atomic E-state index is 5.50. The van der Waals surface area contributed by atoms with Gasteiger partial charge in [0.1, 0.15) is 0 Å². The van der Waals surface area contributed by atoms with E-state index in [0.717, 1.165) is 32.6 Å². The third kappa shape index (κ3) is 5.64. The SMILES string of the molecule is CCCNC(CCc1ccsc1)COCC. The lowest BCUT2D eigenvalue weighted by molar-refractivity contribution is 0.120. The zero-order chi connectivity index (χ0) is 11.6. The van der Waals surface area contributed by atoms with Crippen LogP contribution in [0.15, 0.2) is 16.8 Å². The van der Waals surface area contributed by atoms with Crippen LogP contribution in [0.4, 0.5) is 0 Å². The van der Waals surface area contributed by atoms with Gasteiger partial charge >= 0.3 is 0 Å². The normalized spacial score (nSPS) is 12.9. The molecule has 1 unspecified atom stereocenters. The van der Waals surface area contributed by atoms with Crippen molar-refractivity contribution in [2.45, 2.75) is 39.2 Å². The lowest BCUT2D eigenvalue weighted by atomic mass is 10.1. The third-order valence-electron chi connectivity index (χ3n) is 2.57. The first-order valence-electron chi connectivity index (χ1n) is 6.19. The Labute approximate surface area is 103 Å². The molecular weight excluding hydrogens is 218 g/mol. The predicted molar refractivity (Wildman–Crippen MR) is 71.2 cm³/mol. The molecule has 0 fully saturated rings. The Bertz CT molecular complexity index is 240. The number of rotatable bonds is 9. The van der Waals surface area contributed by atoms with Gasteiger partial charge in [-0.2, -0.15) is 11.3 Å². The van der Waals surface area contributed by atoms with E-state index in [1.54, 1.807) is 11.3 Å². The summed E-state index contributed by atoms with van der Waals surface area (Å²) < 4.78 is 5.50. The zero-order valence-electron chi connectivity index (χ0n) is 10.4. The monoisotopic (exact) mass is 241 g/mol. The molecule has 1 aromatic heterocycles. The molecule has 3 heteroatoms. The molecule has 1 atom stereocenters. The highest BCUT2D eigenvalue weighted by Crippen LogP contribution is 2.10. The number of hydrogen-bond donors (Lipinski definition) is 1. The van der Waals surface area contributed by atoms with Crippen molar-refractivity contribution in [3.05, 3.63) is 22.4 Å². The van der Waals surface area contributed by atoms with Crippen molar-refractivity contribution in [3.63, 3.8) is 0 Å². The smallest absolute Gasteiger partial charge is 0.0619 e. The molecule has 0 aliphatic rings. The quantitative estimate of drug-likeness (QED) is 0.717. The zero-order valence-corrected chi connectivity index (χ0v) is 11.2. The lowest BCUT2D eigenvalue weighted by Crippen LogP contribution is -2.34. The van der Waals surface area contributed by atoms with Gasteiger partial charge in [0.05, 0.1) is 6.61 Å². The highest BCUT2D eigenvalue weighted by Gasteiger charge is 2.07. The molecule has 0 saturated carbocycles. The number of thiophene rings is 1. The minimum Gasteiger partial charge on any atom is -0.380 e. The Balaban J connectivity index is 2.25. The molecule has 1 aromatic rings. The largest absolute Gasteiger partial charge is 0.380 e. The summed E-state index contributed by atoms with van der Waals surface area (Å²) in [5.74, 6) is 0. The first-order chi connectivity index (χ1) is 7.86. The van der Waals surface area contributed by atoms with Crippen LogP contribution in [0.25, 0.3) is 0 Å². The first kappa shape index (κ1) is 13.7. The van der Waals surface area contributed by atoms with Gasteiger partial charge in [-0.3, -0.25) is 0 Å². The Hall–Kier alpha value is -0.380. The van der Waals surface area contributed by atoms with Gasteiger partial charge in [-0.1, -0.05) is 6.92 Å². The average molecular weight is 241 g/mol. The number of nitrogens with one attached hydrogen (secondary N) is 1. The van der Waals surface area contributed by atoms with E-state index in [4.69, 9.17) is 4.74 Å². The Morgan fingerprint density at radius 2 is 2.31 bits per heavy atom. The van der Waals surface area contributed by atoms with Crippen LogP contribution in [-0.2, 0) is 11.2 Å². The molecule has 0 aromatic carbocycles. The van der Waals surface area contributed by atoms with E-state index in [1.165, 1.54) is 12.0 Å². The van der Waals surface area contributed by atoms with E-state index in [9.17, 15) is 0 Å². The minimum absolute atomic E-state index is 0.500. The van der Waals surface area contributed by atoms with E-state index in [-0.39, 0.29) is 0 Å². The molecule has 1 N–H and O–H groups in total. The second-order valence-electron chi connectivity index (χ2n) is 3.98. The molecule has 0 aliphatic heterocycles. The number of ether oxygens (including phenoxy) is 1. The molecular formula is C13H23NOS. The fourth-order valence-corrected chi connectivity index (χ4v) is 2.33. The van der Waals surface area contributed by atoms with Crippen molar-refractivity contribution in [3.8, 4) is 0 Å². The van der Waals surface area contributed by atoms with Crippen molar-refractivity contribution in [1.82, 2.24) is 5.32 Å². The van der Waals surface area contributed by atoms with Crippen molar-refractivity contribution >= 4 is 11.3 Å². The number of aryl methyl sites for hydroxylation is 1. The Kier molecular flexibility index (Phi) is 7.47. The van der Waals surface area contributed by atoms with Gasteiger partial charge in [0.2, 0.25) is 0 Å². The maximum Gasteiger partial charge on any atom is 0.0619 e. The predicted octanol–water partition coefficient (Wildman–Crippen LogP) is 3.09. The molecule has 0 bridgehead atoms. The third-order valence-corrected chi connectivity index (χ3v) is 3.30. The molecule has 0 saturated heterocycles. The molecule has 2 nitrogen and oxygen atoms in total. The van der Waals surface area contributed by atoms with Crippen molar-refractivity contribution in [2.24, 2.45) is 0 Å². The summed E-state index contributed by atoms with van der Waals surface area (Å²) in [4.78, 5) is 0. The highest BCUT2D eigenvalue weighted by molar-refractivity contribution is 7.07. The van der Waals surface area contributed by atoms with Gasteiger partial charge in [0.25, 0.3) is 0 Å². The Morgan fingerprint density at radius 1 is 1.44 bits per heavy atom. The Morgan fingerprint density at radius 3 is 2.94 bits per heavy atom. The van der Waals surface area contributed by atoms with Crippen LogP contribution in [0, 0.1) is 0 Å². The summed E-state index contributed by atoms with van der Waals surface area (Å²) >= 11 is 1.78. The fourth-order valence-electron chi connectivity index (χ4n) is 1.63. The fraction of sp³-hybridized carbons (Fsp3) is 0.692. The van der Waals surface area contributed by atoms with Gasteiger partial charge in [0, 0.05) is 12.6 Å². The molecule has 0 radical (unpaired) electrons. The summed E-state index contributed by atoms with van der Waals surface area (Å²) in [7, 11) is 0. The molecule has 0 spiro atoms. The topological polar surface area (TPSA) is 21.3 Å². The van der Waals surface area contributed by atoms with Gasteiger partial charge in [0.15, 0.2) is 0 Å². The lowest BCUT2D eigenvalue weighted by Gasteiger charge is -2.17. The number of hydrogen-bond acceptors (Lipinski definition) is 3. The molecule has 92 valence electrons. The standard InChI is InChI=1S/C13H23NOS/c1-3-8-14-13(10-15-4-2)6-5-12-7-9-16-11-12/h7,9,11,13-14H,3-6,8,10H2,1-2H3. The summed E-state index contributed by atoms with van der Waals surface area (Å²) in [5.41, 5.74) is 1.45. The highest BCUT2D eigenvalue weighted by atomic mass is 32.1. The summed E-state index contributed by atoms with van der Waals surface area (Å²) in [6.07, 6.45) is 3.50. The summed E-state index contributed by atoms with van der Waals surface area (Å²) in [6.45, 7) is 6.98. The molecule has 0 amide bonds. The summed E-state index contributed by atoms with van der Waals surface area (Å²) in [5, 5.41) is 7.92.